The van der Waals surface area contributed by atoms with E-state index in [-0.39, 0.29) is 11.5 Å². The number of amidine groups is 1. The minimum absolute atomic E-state index is 0.222. The van der Waals surface area contributed by atoms with E-state index in [2.05, 4.69) is 0 Å². The smallest absolute Gasteiger partial charge is 0.384 e. The Hall–Kier alpha value is -1.77. The van der Waals surface area contributed by atoms with Gasteiger partial charge in [-0.1, -0.05) is 12.1 Å². The fraction of sp³-hybridized carbons (Fsp3) is 0.417. The molecule has 0 saturated carbocycles. The Morgan fingerprint density at radius 2 is 2.00 bits per heavy atom. The molecule has 0 saturated heterocycles. The van der Waals surface area contributed by atoms with Crippen molar-refractivity contribution >= 4 is 21.5 Å². The summed E-state index contributed by atoms with van der Waals surface area (Å²) in [6, 6.07) is 5.93. The molecule has 0 amide bonds. The van der Waals surface area contributed by atoms with Gasteiger partial charge >= 0.3 is 6.18 Å². The molecule has 1 aromatic carbocycles. The van der Waals surface area contributed by atoms with Gasteiger partial charge in [0.05, 0.1) is 11.4 Å². The first-order valence-electron chi connectivity index (χ1n) is 6.01. The summed E-state index contributed by atoms with van der Waals surface area (Å²) in [5.74, 6) is -0.826. The van der Waals surface area contributed by atoms with Crippen LogP contribution < -0.4 is 10.0 Å². The second-order valence-electron chi connectivity index (χ2n) is 4.47. The molecule has 21 heavy (non-hydrogen) atoms. The van der Waals surface area contributed by atoms with Gasteiger partial charge in [-0.3, -0.25) is 9.71 Å². The van der Waals surface area contributed by atoms with Gasteiger partial charge in [-0.25, -0.2) is 8.42 Å². The normalized spacial score (nSPS) is 12.2. The molecule has 118 valence electrons. The number of rotatable bonds is 6. The van der Waals surface area contributed by atoms with Crippen molar-refractivity contribution < 1.29 is 21.6 Å². The van der Waals surface area contributed by atoms with Crippen molar-refractivity contribution in [3.8, 4) is 0 Å². The first-order valence-corrected chi connectivity index (χ1v) is 7.62. The highest BCUT2D eigenvalue weighted by Crippen LogP contribution is 2.23. The van der Waals surface area contributed by atoms with E-state index in [1.165, 1.54) is 31.3 Å². The number of nitrogens with one attached hydrogen (secondary N) is 1. The van der Waals surface area contributed by atoms with Crippen LogP contribution in [0.5, 0.6) is 0 Å². The summed E-state index contributed by atoms with van der Waals surface area (Å²) in [6.07, 6.45) is -6.02. The number of hydrogen-bond acceptors (Lipinski definition) is 3. The zero-order chi connectivity index (χ0) is 16.3. The van der Waals surface area contributed by atoms with E-state index in [9.17, 15) is 21.6 Å². The van der Waals surface area contributed by atoms with Crippen molar-refractivity contribution in [3.63, 3.8) is 0 Å². The summed E-state index contributed by atoms with van der Waals surface area (Å²) < 4.78 is 61.0. The predicted molar refractivity (Wildman–Crippen MR) is 74.9 cm³/mol. The Labute approximate surface area is 121 Å². The molecule has 0 aliphatic rings. The molecular weight excluding hydrogens is 307 g/mol. The second kappa shape index (κ2) is 6.33. The van der Waals surface area contributed by atoms with Gasteiger partial charge in [0.2, 0.25) is 10.0 Å². The molecule has 0 atom stereocenters. The molecular formula is C12H16F3N3O2S. The molecule has 1 rings (SSSR count). The van der Waals surface area contributed by atoms with Crippen LogP contribution in [0.15, 0.2) is 24.3 Å². The van der Waals surface area contributed by atoms with Crippen LogP contribution in [-0.2, 0) is 10.0 Å². The van der Waals surface area contributed by atoms with Crippen LogP contribution in [-0.4, -0.2) is 33.2 Å². The molecule has 5 nitrogen and oxygen atoms in total. The Bertz CT molecular complexity index is 614. The van der Waals surface area contributed by atoms with E-state index in [4.69, 9.17) is 11.1 Å². The lowest BCUT2D eigenvalue weighted by molar-refractivity contribution is -0.134. The summed E-state index contributed by atoms with van der Waals surface area (Å²) in [5.41, 5.74) is 5.89. The minimum Gasteiger partial charge on any atom is -0.384 e. The lowest BCUT2D eigenvalue weighted by Crippen LogP contribution is -2.29. The van der Waals surface area contributed by atoms with Gasteiger partial charge in [0.25, 0.3) is 0 Å². The SMILES string of the molecule is CN(c1cccc(C(=N)N)c1)S(=O)(=O)CCCC(F)(F)F. The fourth-order valence-electron chi connectivity index (χ4n) is 1.62. The number of nitrogens with zero attached hydrogens (tertiary/aromatic N) is 1. The van der Waals surface area contributed by atoms with Gasteiger partial charge in [0.15, 0.2) is 0 Å². The quantitative estimate of drug-likeness (QED) is 0.620. The molecule has 0 bridgehead atoms. The Morgan fingerprint density at radius 1 is 1.38 bits per heavy atom. The van der Waals surface area contributed by atoms with Crippen molar-refractivity contribution in [2.75, 3.05) is 17.1 Å². The maximum Gasteiger partial charge on any atom is 0.389 e. The molecule has 9 heteroatoms. The van der Waals surface area contributed by atoms with E-state index in [0.717, 1.165) is 4.31 Å². The van der Waals surface area contributed by atoms with Gasteiger partial charge in [-0.15, -0.1) is 0 Å². The van der Waals surface area contributed by atoms with Crippen molar-refractivity contribution in [3.05, 3.63) is 29.8 Å². The Morgan fingerprint density at radius 3 is 2.52 bits per heavy atom. The highest BCUT2D eigenvalue weighted by Gasteiger charge is 2.28. The van der Waals surface area contributed by atoms with Gasteiger partial charge < -0.3 is 5.73 Å². The van der Waals surface area contributed by atoms with Gasteiger partial charge in [0.1, 0.15) is 5.84 Å². The highest BCUT2D eigenvalue weighted by atomic mass is 32.2. The molecule has 3 N–H and O–H groups in total. The molecule has 0 fully saturated rings. The van der Waals surface area contributed by atoms with E-state index in [1.54, 1.807) is 0 Å². The number of benzene rings is 1. The third-order valence-electron chi connectivity index (χ3n) is 2.80. The molecule has 0 aliphatic carbocycles. The van der Waals surface area contributed by atoms with Gasteiger partial charge in [-0.2, -0.15) is 13.2 Å². The average molecular weight is 323 g/mol. The Balaban J connectivity index is 2.83. The Kier molecular flexibility index (Phi) is 5.21. The highest BCUT2D eigenvalue weighted by molar-refractivity contribution is 7.92. The zero-order valence-electron chi connectivity index (χ0n) is 11.3. The summed E-state index contributed by atoms with van der Waals surface area (Å²) in [6.45, 7) is 0. The maximum absolute atomic E-state index is 12.1. The number of nitrogen functional groups attached to an aromatic ring is 1. The molecule has 0 radical (unpaired) electrons. The third kappa shape index (κ3) is 5.25. The van der Waals surface area contributed by atoms with Crippen LogP contribution in [0.4, 0.5) is 18.9 Å². The van der Waals surface area contributed by atoms with E-state index < -0.39 is 34.8 Å². The van der Waals surface area contributed by atoms with Crippen molar-refractivity contribution in [2.45, 2.75) is 19.0 Å². The first kappa shape index (κ1) is 17.3. The molecule has 0 unspecified atom stereocenters. The molecule has 0 spiro atoms. The van der Waals surface area contributed by atoms with Crippen LogP contribution in [0.25, 0.3) is 0 Å². The van der Waals surface area contributed by atoms with E-state index >= 15 is 0 Å². The van der Waals surface area contributed by atoms with E-state index in [1.807, 2.05) is 0 Å². The van der Waals surface area contributed by atoms with Gasteiger partial charge in [-0.05, 0) is 18.6 Å². The minimum atomic E-state index is -4.37. The molecule has 1 aromatic rings. The van der Waals surface area contributed by atoms with Crippen molar-refractivity contribution in [2.24, 2.45) is 5.73 Å². The number of sulfonamides is 1. The van der Waals surface area contributed by atoms with Crippen molar-refractivity contribution in [1.82, 2.24) is 0 Å². The maximum atomic E-state index is 12.1. The third-order valence-corrected chi connectivity index (χ3v) is 4.65. The summed E-state index contributed by atoms with van der Waals surface area (Å²) in [7, 11) is -2.60. The van der Waals surface area contributed by atoms with E-state index in [0.29, 0.717) is 5.56 Å². The fourth-order valence-corrected chi connectivity index (χ4v) is 2.84. The molecule has 0 aliphatic heterocycles. The number of halogens is 3. The lowest BCUT2D eigenvalue weighted by atomic mass is 10.2. The monoisotopic (exact) mass is 323 g/mol. The topological polar surface area (TPSA) is 87.2 Å². The van der Waals surface area contributed by atoms with Crippen LogP contribution in [0, 0.1) is 5.41 Å². The standard InChI is InChI=1S/C12H16F3N3O2S/c1-18(10-5-2-4-9(8-10)11(16)17)21(19,20)7-3-6-12(13,14)15/h2,4-5,8H,3,6-7H2,1H3,(H3,16,17). The molecule has 0 aromatic heterocycles. The second-order valence-corrected chi connectivity index (χ2v) is 6.59. The first-order chi connectivity index (χ1) is 9.53. The summed E-state index contributed by atoms with van der Waals surface area (Å²) in [5, 5.41) is 7.29. The van der Waals surface area contributed by atoms with Crippen LogP contribution in [0.1, 0.15) is 18.4 Å². The summed E-state index contributed by atoms with van der Waals surface area (Å²) in [4.78, 5) is 0. The number of hydrogen-bond donors (Lipinski definition) is 2. The van der Waals surface area contributed by atoms with Crippen LogP contribution >= 0.6 is 0 Å². The zero-order valence-corrected chi connectivity index (χ0v) is 12.1. The molecule has 0 heterocycles. The van der Waals surface area contributed by atoms with Crippen LogP contribution in [0.2, 0.25) is 0 Å². The number of anilines is 1. The number of nitrogens with two attached hydrogens (primary N) is 1. The summed E-state index contributed by atoms with van der Waals surface area (Å²) >= 11 is 0. The van der Waals surface area contributed by atoms with Crippen molar-refractivity contribution in [1.29, 1.82) is 5.41 Å². The van der Waals surface area contributed by atoms with Crippen LogP contribution in [0.3, 0.4) is 0 Å². The predicted octanol–water partition coefficient (Wildman–Crippen LogP) is 2.08. The number of alkyl halides is 3. The lowest BCUT2D eigenvalue weighted by Gasteiger charge is -2.20. The van der Waals surface area contributed by atoms with Gasteiger partial charge in [0, 0.05) is 19.0 Å². The average Bonchev–Trinajstić information content (AvgIpc) is 2.36. The largest absolute Gasteiger partial charge is 0.389 e.